The second-order valence-corrected chi connectivity index (χ2v) is 6.38. The van der Waals surface area contributed by atoms with Crippen molar-refractivity contribution >= 4 is 11.6 Å². The molecular weight excluding hydrogens is 370 g/mol. The van der Waals surface area contributed by atoms with Gasteiger partial charge in [0.2, 0.25) is 5.91 Å². The molecule has 0 aliphatic rings. The van der Waals surface area contributed by atoms with Crippen molar-refractivity contribution in [3.05, 3.63) is 70.6 Å². The number of nitrogens with zero attached hydrogens (tertiary/aromatic N) is 2. The Bertz CT molecular complexity index is 1040. The molecule has 7 heteroatoms. The highest BCUT2D eigenvalue weighted by atomic mass is 16.5. The number of aromatic nitrogens is 2. The van der Waals surface area contributed by atoms with Crippen LogP contribution in [-0.2, 0) is 11.3 Å². The van der Waals surface area contributed by atoms with Crippen LogP contribution < -0.4 is 20.3 Å². The molecule has 0 fully saturated rings. The molecular formula is C22H23N3O4. The molecule has 0 aliphatic carbocycles. The van der Waals surface area contributed by atoms with Crippen LogP contribution in [0.1, 0.15) is 12.6 Å². The second-order valence-electron chi connectivity index (χ2n) is 6.38. The first-order chi connectivity index (χ1) is 14.0. The van der Waals surface area contributed by atoms with Crippen molar-refractivity contribution in [2.75, 3.05) is 19.0 Å². The smallest absolute Gasteiger partial charge is 0.254 e. The molecule has 2 aromatic carbocycles. The molecule has 29 heavy (non-hydrogen) atoms. The highest BCUT2D eigenvalue weighted by molar-refractivity contribution is 5.90. The molecule has 0 saturated heterocycles. The van der Waals surface area contributed by atoms with E-state index in [-0.39, 0.29) is 18.0 Å². The van der Waals surface area contributed by atoms with Gasteiger partial charge in [0.05, 0.1) is 13.7 Å². The Kier molecular flexibility index (Phi) is 6.29. The second kappa shape index (κ2) is 9.05. The predicted molar refractivity (Wildman–Crippen MR) is 111 cm³/mol. The Hall–Kier alpha value is -3.61. The van der Waals surface area contributed by atoms with Crippen LogP contribution in [0.3, 0.4) is 0 Å². The molecule has 1 heterocycles. The summed E-state index contributed by atoms with van der Waals surface area (Å²) in [6.07, 6.45) is 0. The van der Waals surface area contributed by atoms with Gasteiger partial charge in [-0.3, -0.25) is 14.2 Å². The van der Waals surface area contributed by atoms with Crippen LogP contribution in [0.15, 0.2) is 59.4 Å². The minimum atomic E-state index is -0.323. The van der Waals surface area contributed by atoms with E-state index >= 15 is 0 Å². The van der Waals surface area contributed by atoms with Crippen molar-refractivity contribution in [1.29, 1.82) is 0 Å². The highest BCUT2D eigenvalue weighted by Crippen LogP contribution is 2.20. The summed E-state index contributed by atoms with van der Waals surface area (Å²) in [6.45, 7) is 4.08. The van der Waals surface area contributed by atoms with Gasteiger partial charge in [0, 0.05) is 23.0 Å². The van der Waals surface area contributed by atoms with E-state index in [2.05, 4.69) is 10.3 Å². The number of hydrogen-bond donors (Lipinski definition) is 1. The fraction of sp³-hybridized carbons (Fsp3) is 0.227. The summed E-state index contributed by atoms with van der Waals surface area (Å²) in [5, 5.41) is 2.80. The number of rotatable bonds is 7. The van der Waals surface area contributed by atoms with E-state index in [1.165, 1.54) is 10.6 Å². The SMILES string of the molecule is CCOc1ccc(NC(=O)Cn2c(-c3ccc(OC)cc3)nc(C)cc2=O)cc1. The van der Waals surface area contributed by atoms with Gasteiger partial charge >= 0.3 is 0 Å². The van der Waals surface area contributed by atoms with Gasteiger partial charge in [-0.05, 0) is 62.4 Å². The number of nitrogens with one attached hydrogen (secondary N) is 1. The average molecular weight is 393 g/mol. The number of carbonyl (C=O) groups is 1. The molecule has 0 unspecified atom stereocenters. The fourth-order valence-corrected chi connectivity index (χ4v) is 2.88. The van der Waals surface area contributed by atoms with Gasteiger partial charge in [-0.25, -0.2) is 4.98 Å². The summed E-state index contributed by atoms with van der Waals surface area (Å²) < 4.78 is 11.9. The molecule has 3 aromatic rings. The van der Waals surface area contributed by atoms with Gasteiger partial charge in [0.25, 0.3) is 5.56 Å². The zero-order valence-corrected chi connectivity index (χ0v) is 16.6. The number of benzene rings is 2. The van der Waals surface area contributed by atoms with E-state index in [4.69, 9.17) is 9.47 Å². The van der Waals surface area contributed by atoms with Crippen LogP contribution in [0, 0.1) is 6.92 Å². The standard InChI is InChI=1S/C22H23N3O4/c1-4-29-19-11-7-17(8-12-19)24-20(26)14-25-21(27)13-15(2)23-22(25)16-5-9-18(28-3)10-6-16/h5-13H,4,14H2,1-3H3,(H,24,26). The van der Waals surface area contributed by atoms with Crippen molar-refractivity contribution in [1.82, 2.24) is 9.55 Å². The summed E-state index contributed by atoms with van der Waals surface area (Å²) in [4.78, 5) is 29.6. The van der Waals surface area contributed by atoms with E-state index in [0.717, 1.165) is 11.3 Å². The maximum atomic E-state index is 12.6. The monoisotopic (exact) mass is 393 g/mol. The third-order valence-corrected chi connectivity index (χ3v) is 4.24. The Morgan fingerprint density at radius 1 is 1.07 bits per heavy atom. The number of aryl methyl sites for hydroxylation is 1. The maximum Gasteiger partial charge on any atom is 0.254 e. The Balaban J connectivity index is 1.84. The van der Waals surface area contributed by atoms with Gasteiger partial charge in [-0.15, -0.1) is 0 Å². The highest BCUT2D eigenvalue weighted by Gasteiger charge is 2.13. The van der Waals surface area contributed by atoms with Gasteiger partial charge in [-0.1, -0.05) is 0 Å². The van der Waals surface area contributed by atoms with Crippen molar-refractivity contribution < 1.29 is 14.3 Å². The minimum absolute atomic E-state index is 0.152. The Morgan fingerprint density at radius 2 is 1.72 bits per heavy atom. The van der Waals surface area contributed by atoms with Crippen LogP contribution in [0.4, 0.5) is 5.69 Å². The van der Waals surface area contributed by atoms with E-state index in [9.17, 15) is 9.59 Å². The molecule has 0 saturated carbocycles. The molecule has 0 atom stereocenters. The van der Waals surface area contributed by atoms with Crippen molar-refractivity contribution in [2.24, 2.45) is 0 Å². The normalized spacial score (nSPS) is 10.4. The molecule has 1 amide bonds. The molecule has 1 aromatic heterocycles. The summed E-state index contributed by atoms with van der Waals surface area (Å²) in [7, 11) is 1.58. The summed E-state index contributed by atoms with van der Waals surface area (Å²) in [5.41, 5.74) is 1.65. The number of amides is 1. The number of carbonyl (C=O) groups excluding carboxylic acids is 1. The zero-order chi connectivity index (χ0) is 20.8. The third-order valence-electron chi connectivity index (χ3n) is 4.24. The van der Waals surface area contributed by atoms with E-state index in [0.29, 0.717) is 29.6 Å². The van der Waals surface area contributed by atoms with Gasteiger partial charge < -0.3 is 14.8 Å². The summed E-state index contributed by atoms with van der Waals surface area (Å²) in [6, 6.07) is 15.7. The lowest BCUT2D eigenvalue weighted by Crippen LogP contribution is -2.29. The minimum Gasteiger partial charge on any atom is -0.497 e. The van der Waals surface area contributed by atoms with Crippen molar-refractivity contribution in [2.45, 2.75) is 20.4 Å². The molecule has 0 spiro atoms. The fourth-order valence-electron chi connectivity index (χ4n) is 2.88. The van der Waals surface area contributed by atoms with E-state index in [1.807, 2.05) is 6.92 Å². The van der Waals surface area contributed by atoms with Gasteiger partial charge in [-0.2, -0.15) is 0 Å². The molecule has 7 nitrogen and oxygen atoms in total. The first kappa shape index (κ1) is 20.1. The van der Waals surface area contributed by atoms with Crippen molar-refractivity contribution in [3.63, 3.8) is 0 Å². The molecule has 0 radical (unpaired) electrons. The lowest BCUT2D eigenvalue weighted by molar-refractivity contribution is -0.116. The average Bonchev–Trinajstić information content (AvgIpc) is 2.71. The summed E-state index contributed by atoms with van der Waals surface area (Å²) >= 11 is 0. The molecule has 1 N–H and O–H groups in total. The molecule has 3 rings (SSSR count). The quantitative estimate of drug-likeness (QED) is 0.666. The lowest BCUT2D eigenvalue weighted by atomic mass is 10.2. The topological polar surface area (TPSA) is 82.4 Å². The first-order valence-corrected chi connectivity index (χ1v) is 9.25. The van der Waals surface area contributed by atoms with E-state index in [1.54, 1.807) is 62.6 Å². The van der Waals surface area contributed by atoms with Crippen LogP contribution in [0.25, 0.3) is 11.4 Å². The third kappa shape index (κ3) is 5.01. The number of hydrogen-bond acceptors (Lipinski definition) is 5. The number of anilines is 1. The van der Waals surface area contributed by atoms with E-state index < -0.39 is 0 Å². The van der Waals surface area contributed by atoms with Gasteiger partial charge in [0.15, 0.2) is 0 Å². The van der Waals surface area contributed by atoms with Crippen LogP contribution in [0.5, 0.6) is 11.5 Å². The largest absolute Gasteiger partial charge is 0.497 e. The van der Waals surface area contributed by atoms with Crippen molar-refractivity contribution in [3.8, 4) is 22.9 Å². The molecule has 0 aliphatic heterocycles. The Labute approximate surface area is 168 Å². The van der Waals surface area contributed by atoms with Crippen LogP contribution in [0.2, 0.25) is 0 Å². The first-order valence-electron chi connectivity index (χ1n) is 9.25. The van der Waals surface area contributed by atoms with Crippen LogP contribution in [-0.4, -0.2) is 29.2 Å². The maximum absolute atomic E-state index is 12.6. The predicted octanol–water partition coefficient (Wildman–Crippen LogP) is 3.26. The molecule has 0 bridgehead atoms. The van der Waals surface area contributed by atoms with Crippen LogP contribution >= 0.6 is 0 Å². The molecule has 150 valence electrons. The lowest BCUT2D eigenvalue weighted by Gasteiger charge is -2.13. The Morgan fingerprint density at radius 3 is 2.34 bits per heavy atom. The number of ether oxygens (including phenoxy) is 2. The van der Waals surface area contributed by atoms with Gasteiger partial charge in [0.1, 0.15) is 23.9 Å². The zero-order valence-electron chi connectivity index (χ0n) is 16.6. The number of methoxy groups -OCH3 is 1. The summed E-state index contributed by atoms with van der Waals surface area (Å²) in [5.74, 6) is 1.53.